The molecule has 0 unspecified atom stereocenters. The second kappa shape index (κ2) is 6.13. The van der Waals surface area contributed by atoms with Crippen LogP contribution in [0.4, 0.5) is 0 Å². The van der Waals surface area contributed by atoms with E-state index in [9.17, 15) is 4.79 Å². The van der Waals surface area contributed by atoms with Crippen molar-refractivity contribution in [3.8, 4) is 11.5 Å². The van der Waals surface area contributed by atoms with Gasteiger partial charge in [0.1, 0.15) is 0 Å². The van der Waals surface area contributed by atoms with Crippen molar-refractivity contribution in [2.75, 3.05) is 6.79 Å². The Balaban J connectivity index is 0.00000156. The van der Waals surface area contributed by atoms with Crippen LogP contribution in [0.15, 0.2) is 42.5 Å². The number of rotatable bonds is 1. The number of benzene rings is 2. The Bertz CT molecular complexity index is 747. The lowest BCUT2D eigenvalue weighted by atomic mass is 9.94. The highest BCUT2D eigenvalue weighted by Crippen LogP contribution is 2.33. The van der Waals surface area contributed by atoms with Crippen LogP contribution in [-0.4, -0.2) is 23.6 Å². The van der Waals surface area contributed by atoms with Gasteiger partial charge < -0.3 is 14.4 Å². The van der Waals surface area contributed by atoms with E-state index in [0.717, 1.165) is 6.42 Å². The predicted octanol–water partition coefficient (Wildman–Crippen LogP) is 3.42. The van der Waals surface area contributed by atoms with Crippen molar-refractivity contribution in [2.24, 2.45) is 0 Å². The van der Waals surface area contributed by atoms with E-state index in [-0.39, 0.29) is 31.1 Å². The summed E-state index contributed by atoms with van der Waals surface area (Å²) < 4.78 is 10.7. The number of ether oxygens (including phenoxy) is 2. The average molecular weight is 332 g/mol. The van der Waals surface area contributed by atoms with Gasteiger partial charge in [0.15, 0.2) is 11.5 Å². The number of halogens is 1. The van der Waals surface area contributed by atoms with Gasteiger partial charge >= 0.3 is 0 Å². The van der Waals surface area contributed by atoms with Crippen LogP contribution in [-0.2, 0) is 13.0 Å². The molecule has 0 N–H and O–H groups in total. The first-order valence-electron chi connectivity index (χ1n) is 7.50. The summed E-state index contributed by atoms with van der Waals surface area (Å²) in [5, 5.41) is 0. The molecule has 2 heterocycles. The van der Waals surface area contributed by atoms with Crippen LogP contribution in [0.5, 0.6) is 11.5 Å². The minimum Gasteiger partial charge on any atom is -0.454 e. The van der Waals surface area contributed by atoms with E-state index in [1.165, 1.54) is 11.1 Å². The summed E-state index contributed by atoms with van der Waals surface area (Å²) in [7, 11) is 0. The maximum Gasteiger partial charge on any atom is 0.254 e. The SMILES string of the molecule is C[C@@H]1Cc2ccccc2CN1C(=O)c1ccc2c(c1)OCO2.Cl. The molecule has 5 heteroatoms. The van der Waals surface area contributed by atoms with Crippen LogP contribution < -0.4 is 9.47 Å². The zero-order chi connectivity index (χ0) is 15.1. The molecule has 2 aliphatic rings. The summed E-state index contributed by atoms with van der Waals surface area (Å²) in [6.45, 7) is 2.98. The molecule has 0 aromatic heterocycles. The van der Waals surface area contributed by atoms with Crippen molar-refractivity contribution in [3.05, 3.63) is 59.2 Å². The van der Waals surface area contributed by atoms with Crippen molar-refractivity contribution >= 4 is 18.3 Å². The number of amides is 1. The van der Waals surface area contributed by atoms with Gasteiger partial charge in [-0.2, -0.15) is 0 Å². The van der Waals surface area contributed by atoms with E-state index < -0.39 is 0 Å². The fourth-order valence-corrected chi connectivity index (χ4v) is 3.15. The number of hydrogen-bond acceptors (Lipinski definition) is 3. The van der Waals surface area contributed by atoms with Crippen LogP contribution in [0.1, 0.15) is 28.4 Å². The van der Waals surface area contributed by atoms with Gasteiger partial charge in [0.25, 0.3) is 5.91 Å². The van der Waals surface area contributed by atoms with Crippen LogP contribution >= 0.6 is 12.4 Å². The minimum absolute atomic E-state index is 0. The maximum atomic E-state index is 12.8. The van der Waals surface area contributed by atoms with Gasteiger partial charge in [-0.1, -0.05) is 24.3 Å². The van der Waals surface area contributed by atoms with Crippen molar-refractivity contribution in [1.82, 2.24) is 4.90 Å². The van der Waals surface area contributed by atoms with E-state index in [0.29, 0.717) is 23.6 Å². The van der Waals surface area contributed by atoms with Crippen LogP contribution in [0, 0.1) is 0 Å². The largest absolute Gasteiger partial charge is 0.454 e. The normalized spacial score (nSPS) is 18.1. The van der Waals surface area contributed by atoms with Gasteiger partial charge in [0.2, 0.25) is 6.79 Å². The Morgan fingerprint density at radius 2 is 1.83 bits per heavy atom. The third-order valence-corrected chi connectivity index (χ3v) is 4.39. The molecular formula is C18H18ClNO3. The Labute approximate surface area is 141 Å². The molecule has 2 aromatic rings. The number of nitrogens with zero attached hydrogens (tertiary/aromatic N) is 1. The zero-order valence-corrected chi connectivity index (χ0v) is 13.6. The predicted molar refractivity (Wildman–Crippen MR) is 89.3 cm³/mol. The molecule has 0 radical (unpaired) electrons. The standard InChI is InChI=1S/C18H17NO3.ClH/c1-12-8-13-4-2-3-5-15(13)10-19(12)18(20)14-6-7-16-17(9-14)22-11-21-16;/h2-7,9,12H,8,10-11H2,1H3;1H/t12-;/m1./s1. The van der Waals surface area contributed by atoms with Gasteiger partial charge in [-0.25, -0.2) is 0 Å². The van der Waals surface area contributed by atoms with Crippen molar-refractivity contribution in [3.63, 3.8) is 0 Å². The second-order valence-corrected chi connectivity index (χ2v) is 5.82. The van der Waals surface area contributed by atoms with Gasteiger partial charge in [-0.3, -0.25) is 4.79 Å². The number of hydrogen-bond donors (Lipinski definition) is 0. The maximum absolute atomic E-state index is 12.8. The minimum atomic E-state index is 0. The Hall–Kier alpha value is -2.20. The quantitative estimate of drug-likeness (QED) is 0.803. The van der Waals surface area contributed by atoms with E-state index in [2.05, 4.69) is 25.1 Å². The van der Waals surface area contributed by atoms with Crippen molar-refractivity contribution in [2.45, 2.75) is 25.9 Å². The molecule has 0 aliphatic carbocycles. The van der Waals surface area contributed by atoms with Crippen LogP contribution in [0.25, 0.3) is 0 Å². The summed E-state index contributed by atoms with van der Waals surface area (Å²) >= 11 is 0. The third kappa shape index (κ3) is 2.75. The average Bonchev–Trinajstić information content (AvgIpc) is 3.01. The lowest BCUT2D eigenvalue weighted by molar-refractivity contribution is 0.0658. The highest BCUT2D eigenvalue weighted by molar-refractivity contribution is 5.95. The smallest absolute Gasteiger partial charge is 0.254 e. The first-order valence-corrected chi connectivity index (χ1v) is 7.50. The summed E-state index contributed by atoms with van der Waals surface area (Å²) in [6, 6.07) is 13.9. The molecule has 120 valence electrons. The summed E-state index contributed by atoms with van der Waals surface area (Å²) in [4.78, 5) is 14.8. The molecule has 1 amide bonds. The lowest BCUT2D eigenvalue weighted by Gasteiger charge is -2.35. The zero-order valence-electron chi connectivity index (χ0n) is 12.8. The molecule has 2 aromatic carbocycles. The van der Waals surface area contributed by atoms with Crippen molar-refractivity contribution < 1.29 is 14.3 Å². The second-order valence-electron chi connectivity index (χ2n) is 5.82. The third-order valence-electron chi connectivity index (χ3n) is 4.39. The fraction of sp³-hybridized carbons (Fsp3) is 0.278. The molecular weight excluding hydrogens is 314 g/mol. The van der Waals surface area contributed by atoms with Gasteiger partial charge in [0.05, 0.1) is 0 Å². The number of carbonyl (C=O) groups excluding carboxylic acids is 1. The van der Waals surface area contributed by atoms with E-state index in [1.54, 1.807) is 12.1 Å². The number of fused-ring (bicyclic) bond motifs is 2. The first-order chi connectivity index (χ1) is 10.7. The van der Waals surface area contributed by atoms with E-state index in [4.69, 9.17) is 9.47 Å². The van der Waals surface area contributed by atoms with Gasteiger partial charge in [-0.15, -0.1) is 12.4 Å². The number of carbonyl (C=O) groups is 1. The molecule has 4 nitrogen and oxygen atoms in total. The highest BCUT2D eigenvalue weighted by atomic mass is 35.5. The summed E-state index contributed by atoms with van der Waals surface area (Å²) in [5.74, 6) is 1.39. The van der Waals surface area contributed by atoms with E-state index in [1.807, 2.05) is 17.0 Å². The Morgan fingerprint density at radius 3 is 2.65 bits per heavy atom. The molecule has 4 rings (SSSR count). The Kier molecular flexibility index (Phi) is 4.18. The Morgan fingerprint density at radius 1 is 1.09 bits per heavy atom. The van der Waals surface area contributed by atoms with Gasteiger partial charge in [-0.05, 0) is 42.7 Å². The highest BCUT2D eigenvalue weighted by Gasteiger charge is 2.28. The molecule has 1 atom stereocenters. The summed E-state index contributed by atoms with van der Waals surface area (Å²) in [6.07, 6.45) is 0.895. The first kappa shape index (κ1) is 15.7. The molecule has 0 spiro atoms. The fourth-order valence-electron chi connectivity index (χ4n) is 3.15. The molecule has 2 aliphatic heterocycles. The topological polar surface area (TPSA) is 38.8 Å². The molecule has 0 bridgehead atoms. The molecule has 0 saturated carbocycles. The lowest BCUT2D eigenvalue weighted by Crippen LogP contribution is -2.42. The summed E-state index contributed by atoms with van der Waals surface area (Å²) in [5.41, 5.74) is 3.22. The van der Waals surface area contributed by atoms with Crippen LogP contribution in [0.2, 0.25) is 0 Å². The van der Waals surface area contributed by atoms with Crippen molar-refractivity contribution in [1.29, 1.82) is 0 Å². The molecule has 0 fully saturated rings. The molecule has 23 heavy (non-hydrogen) atoms. The van der Waals surface area contributed by atoms with E-state index >= 15 is 0 Å². The monoisotopic (exact) mass is 331 g/mol. The van der Waals surface area contributed by atoms with Crippen LogP contribution in [0.3, 0.4) is 0 Å². The van der Waals surface area contributed by atoms with Gasteiger partial charge in [0, 0.05) is 18.2 Å². The molecule has 0 saturated heterocycles.